The molecule has 0 N–H and O–H groups in total. The van der Waals surface area contributed by atoms with Gasteiger partial charge in [0.2, 0.25) is 5.71 Å². The molecule has 0 saturated carbocycles. The fourth-order valence-corrected chi connectivity index (χ4v) is 4.54. The van der Waals surface area contributed by atoms with Crippen LogP contribution in [-0.4, -0.2) is 15.0 Å². The van der Waals surface area contributed by atoms with E-state index >= 15 is 0 Å². The fourth-order valence-electron chi connectivity index (χ4n) is 4.54. The van der Waals surface area contributed by atoms with E-state index < -0.39 is 19.1 Å². The van der Waals surface area contributed by atoms with E-state index in [9.17, 15) is 0 Å². The molecule has 0 atom stereocenters. The summed E-state index contributed by atoms with van der Waals surface area (Å²) in [4.78, 5) is 13.2. The van der Waals surface area contributed by atoms with Gasteiger partial charge in [-0.1, -0.05) is 78.9 Å². The van der Waals surface area contributed by atoms with Crippen molar-refractivity contribution in [1.29, 1.82) is 0 Å². The summed E-state index contributed by atoms with van der Waals surface area (Å²) >= 11 is 0. The van der Waals surface area contributed by atoms with Crippen molar-refractivity contribution in [2.45, 2.75) is 33.0 Å². The summed E-state index contributed by atoms with van der Waals surface area (Å²) in [6, 6.07) is 37.0. The summed E-state index contributed by atoms with van der Waals surface area (Å²) in [6.07, 6.45) is 1.34. The van der Waals surface area contributed by atoms with E-state index in [1.165, 1.54) is 6.20 Å². The minimum Gasteiger partial charge on any atom is -0.486 e. The van der Waals surface area contributed by atoms with Crippen LogP contribution in [0.25, 0.3) is 44.6 Å². The Morgan fingerprint density at radius 1 is 0.860 bits per heavy atom. The third kappa shape index (κ3) is 6.97. The third-order valence-corrected chi connectivity index (χ3v) is 6.69. The average Bonchev–Trinajstić information content (AvgIpc) is 3.47. The van der Waals surface area contributed by atoms with Crippen LogP contribution in [0, 0.1) is 19.0 Å². The number of rotatable bonds is 5. The van der Waals surface area contributed by atoms with Crippen LogP contribution in [0.5, 0.6) is 0 Å². The molecule has 43 heavy (non-hydrogen) atoms. The van der Waals surface area contributed by atoms with Crippen molar-refractivity contribution in [2.24, 2.45) is 0 Å². The van der Waals surface area contributed by atoms with Gasteiger partial charge in [0.1, 0.15) is 0 Å². The smallest absolute Gasteiger partial charge is 0.216 e. The van der Waals surface area contributed by atoms with Crippen molar-refractivity contribution in [3.63, 3.8) is 0 Å². The SMILES string of the molecule is [2H]C(C)(C)c1ccnc(-c2[c-]ccc3c2oc2nc(C([2H])([2H])c4ccccc4)ccc23)c1.[2H]C([2H])([2H])c1ccc(-c2[c-]cccc2)nc1.[Ir]. The molecule has 0 spiro atoms. The first-order valence-electron chi connectivity index (χ1n) is 16.5. The van der Waals surface area contributed by atoms with Gasteiger partial charge in [0, 0.05) is 58.2 Å². The van der Waals surface area contributed by atoms with Gasteiger partial charge >= 0.3 is 0 Å². The Kier molecular flexibility index (Phi) is 7.34. The van der Waals surface area contributed by atoms with Crippen molar-refractivity contribution < 1.29 is 32.7 Å². The van der Waals surface area contributed by atoms with Crippen molar-refractivity contribution in [3.8, 4) is 22.5 Å². The Labute approximate surface area is 274 Å². The largest absolute Gasteiger partial charge is 0.486 e. The summed E-state index contributed by atoms with van der Waals surface area (Å²) in [5.41, 5.74) is 5.86. The first-order valence-corrected chi connectivity index (χ1v) is 13.5. The molecule has 0 aliphatic heterocycles. The molecule has 0 saturated heterocycles. The van der Waals surface area contributed by atoms with Crippen molar-refractivity contribution in [1.82, 2.24) is 15.0 Å². The molecule has 215 valence electrons. The second-order valence-corrected chi connectivity index (χ2v) is 9.88. The van der Waals surface area contributed by atoms with E-state index in [-0.39, 0.29) is 31.4 Å². The van der Waals surface area contributed by atoms with E-state index in [1.54, 1.807) is 42.6 Å². The van der Waals surface area contributed by atoms with Gasteiger partial charge in [-0.2, -0.15) is 0 Å². The molecule has 0 unspecified atom stereocenters. The molecule has 7 rings (SSSR count). The molecule has 0 amide bonds. The van der Waals surface area contributed by atoms with Crippen LogP contribution in [0.2, 0.25) is 0 Å². The Balaban J connectivity index is 0.000000233. The number of benzene rings is 3. The van der Waals surface area contributed by atoms with E-state index in [1.807, 2.05) is 80.6 Å². The molecule has 4 nitrogen and oxygen atoms in total. The number of furan rings is 1. The summed E-state index contributed by atoms with van der Waals surface area (Å²) in [5.74, 6) is -0.751. The van der Waals surface area contributed by atoms with Gasteiger partial charge in [-0.05, 0) is 53.5 Å². The number of aryl methyl sites for hydroxylation is 1. The van der Waals surface area contributed by atoms with Crippen molar-refractivity contribution >= 4 is 22.1 Å². The Morgan fingerprint density at radius 3 is 2.47 bits per heavy atom. The summed E-state index contributed by atoms with van der Waals surface area (Å²) in [7, 11) is 0. The van der Waals surface area contributed by atoms with E-state index in [0.717, 1.165) is 27.6 Å². The van der Waals surface area contributed by atoms with E-state index in [4.69, 9.17) is 12.6 Å². The van der Waals surface area contributed by atoms with Crippen LogP contribution in [0.1, 0.15) is 50.4 Å². The van der Waals surface area contributed by atoms with Gasteiger partial charge in [-0.25, -0.2) is 4.98 Å². The van der Waals surface area contributed by atoms with E-state index in [2.05, 4.69) is 27.1 Å². The molecular weight excluding hydrogens is 707 g/mol. The zero-order chi connectivity index (χ0) is 34.1. The van der Waals surface area contributed by atoms with Crippen molar-refractivity contribution in [3.05, 3.63) is 150 Å². The molecule has 0 fully saturated rings. The number of aromatic nitrogens is 3. The minimum atomic E-state index is -2.09. The molecule has 0 aliphatic carbocycles. The minimum absolute atomic E-state index is 0. The van der Waals surface area contributed by atoms with Crippen LogP contribution in [0.3, 0.4) is 0 Å². The molecule has 4 aromatic heterocycles. The topological polar surface area (TPSA) is 51.8 Å². The Morgan fingerprint density at radius 2 is 1.72 bits per heavy atom. The second-order valence-electron chi connectivity index (χ2n) is 9.88. The maximum absolute atomic E-state index is 8.61. The standard InChI is InChI=1S/C26H21N2O.C12H10N.Ir/c1-17(2)19-13-14-27-24(16-19)23-10-6-9-21-22-12-11-20(28-26(22)29-25(21)23)15-18-7-4-3-5-8-18;1-10-7-8-12(13-9-10)11-5-3-2-4-6-11;/h3-9,11-14,16-17H,15H2,1-2H3;2-5,7-9H,1H3;/q2*-1;/i15D2,17D;1D3;. The number of nitrogens with zero attached hydrogens (tertiary/aromatic N) is 3. The summed E-state index contributed by atoms with van der Waals surface area (Å²) < 4.78 is 53.4. The quantitative estimate of drug-likeness (QED) is 0.165. The second kappa shape index (κ2) is 13.7. The average molecular weight is 744 g/mol. The summed E-state index contributed by atoms with van der Waals surface area (Å²) in [6.45, 7) is 1.58. The Bertz CT molecular complexity index is 2180. The first-order chi connectivity index (χ1) is 22.8. The molecule has 1 radical (unpaired) electrons. The van der Waals surface area contributed by atoms with Gasteiger partial charge in [-0.15, -0.1) is 54.1 Å². The van der Waals surface area contributed by atoms with Gasteiger partial charge in [0.05, 0.1) is 5.58 Å². The van der Waals surface area contributed by atoms with Crippen LogP contribution in [0.15, 0.2) is 120 Å². The maximum atomic E-state index is 8.61. The zero-order valence-electron chi connectivity index (χ0n) is 29.6. The molecule has 5 heteroatoms. The number of fused-ring (bicyclic) bond motifs is 3. The zero-order valence-corrected chi connectivity index (χ0v) is 25.9. The summed E-state index contributed by atoms with van der Waals surface area (Å²) in [5, 5.41) is 1.67. The van der Waals surface area contributed by atoms with E-state index in [0.29, 0.717) is 28.1 Å². The van der Waals surface area contributed by atoms with Gasteiger partial charge in [0.25, 0.3) is 0 Å². The van der Waals surface area contributed by atoms with Crippen LogP contribution in [-0.2, 0) is 26.5 Å². The van der Waals surface area contributed by atoms with Crippen LogP contribution in [0.4, 0.5) is 0 Å². The molecule has 3 aromatic carbocycles. The predicted octanol–water partition coefficient (Wildman–Crippen LogP) is 9.41. The van der Waals surface area contributed by atoms with Crippen LogP contribution >= 0.6 is 0 Å². The number of hydrogen-bond acceptors (Lipinski definition) is 4. The normalized spacial score (nSPS) is 13.7. The van der Waals surface area contributed by atoms with Crippen molar-refractivity contribution in [2.75, 3.05) is 0 Å². The molecular formula is C38H31IrN3O-2. The van der Waals surface area contributed by atoms with Gasteiger partial charge in [-0.3, -0.25) is 0 Å². The van der Waals surface area contributed by atoms with Gasteiger partial charge < -0.3 is 14.4 Å². The Hall–Kier alpha value is -4.44. The maximum Gasteiger partial charge on any atom is 0.216 e. The monoisotopic (exact) mass is 744 g/mol. The molecule has 0 bridgehead atoms. The van der Waals surface area contributed by atoms with Gasteiger partial charge in [0.15, 0.2) is 0 Å². The molecule has 0 aliphatic rings. The molecule has 4 heterocycles. The predicted molar refractivity (Wildman–Crippen MR) is 170 cm³/mol. The number of pyridine rings is 3. The number of hydrogen-bond donors (Lipinski definition) is 0. The third-order valence-electron chi connectivity index (χ3n) is 6.69. The molecule has 7 aromatic rings. The first kappa shape index (κ1) is 23.1. The fraction of sp³-hybridized carbons (Fsp3) is 0.132. The van der Waals surface area contributed by atoms with Crippen LogP contribution < -0.4 is 0 Å².